The first kappa shape index (κ1) is 35.1. The third kappa shape index (κ3) is 24.2. The molecule has 37 heavy (non-hydrogen) atoms. The van der Waals surface area contributed by atoms with Crippen LogP contribution in [0.15, 0.2) is 12.2 Å². The molecule has 7 nitrogen and oxygen atoms in total. The van der Waals surface area contributed by atoms with Gasteiger partial charge in [-0.1, -0.05) is 70.4 Å². The Morgan fingerprint density at radius 2 is 0.811 bits per heavy atom. The normalized spacial score (nSPS) is 11.8. The van der Waals surface area contributed by atoms with E-state index in [4.69, 9.17) is 15.3 Å². The fraction of sp³-hybridized carbons (Fsp3) is 0.833. The zero-order valence-corrected chi connectivity index (χ0v) is 23.6. The molecule has 0 aliphatic rings. The zero-order chi connectivity index (χ0) is 27.6. The fourth-order valence-corrected chi connectivity index (χ4v) is 5.06. The number of unbranched alkanes of at least 4 members (excludes halogenated alkanes) is 12. The quantitative estimate of drug-likeness (QED) is 0.0555. The van der Waals surface area contributed by atoms with Crippen LogP contribution in [0.1, 0.15) is 135 Å². The van der Waals surface area contributed by atoms with Crippen LogP contribution in [0.25, 0.3) is 0 Å². The van der Waals surface area contributed by atoms with Crippen LogP contribution in [-0.4, -0.2) is 63.9 Å². The number of allylic oxidation sites excluding steroid dienone is 2. The summed E-state index contributed by atoms with van der Waals surface area (Å²) in [6.45, 7) is 5.11. The second kappa shape index (κ2) is 24.4. The lowest BCUT2D eigenvalue weighted by atomic mass is 10.1. The summed E-state index contributed by atoms with van der Waals surface area (Å²) < 4.78 is 0.639. The lowest BCUT2D eigenvalue weighted by molar-refractivity contribution is -0.929. The molecule has 0 bridgehead atoms. The monoisotopic (exact) mass is 526 g/mol. The van der Waals surface area contributed by atoms with E-state index in [-0.39, 0.29) is 19.3 Å². The maximum absolute atomic E-state index is 11.0. The van der Waals surface area contributed by atoms with Gasteiger partial charge >= 0.3 is 17.9 Å². The summed E-state index contributed by atoms with van der Waals surface area (Å²) in [4.78, 5) is 33.1. The molecule has 7 heteroatoms. The number of carboxylic acids is 3. The number of hydrogen-bond donors (Lipinski definition) is 3. The highest BCUT2D eigenvalue weighted by molar-refractivity contribution is 5.67. The van der Waals surface area contributed by atoms with E-state index in [1.165, 1.54) is 77.0 Å². The molecule has 0 spiro atoms. The third-order valence-electron chi connectivity index (χ3n) is 7.21. The Morgan fingerprint density at radius 3 is 1.19 bits per heavy atom. The van der Waals surface area contributed by atoms with Crippen LogP contribution < -0.4 is 0 Å². The van der Waals surface area contributed by atoms with Crippen LogP contribution in [0.4, 0.5) is 0 Å². The minimum Gasteiger partial charge on any atom is -0.481 e. The molecule has 3 N–H and O–H groups in total. The third-order valence-corrected chi connectivity index (χ3v) is 7.21. The predicted molar refractivity (Wildman–Crippen MR) is 150 cm³/mol. The van der Waals surface area contributed by atoms with Crippen molar-refractivity contribution in [3.05, 3.63) is 12.2 Å². The fourth-order valence-electron chi connectivity index (χ4n) is 5.06. The van der Waals surface area contributed by atoms with Crippen molar-refractivity contribution in [1.82, 2.24) is 0 Å². The van der Waals surface area contributed by atoms with Crippen molar-refractivity contribution in [2.45, 2.75) is 135 Å². The van der Waals surface area contributed by atoms with Crippen molar-refractivity contribution >= 4 is 17.9 Å². The molecular weight excluding hydrogens is 470 g/mol. The van der Waals surface area contributed by atoms with Crippen molar-refractivity contribution < 1.29 is 34.2 Å². The molecule has 0 heterocycles. The van der Waals surface area contributed by atoms with E-state index < -0.39 is 17.9 Å². The summed E-state index contributed by atoms with van der Waals surface area (Å²) in [6.07, 6.45) is 23.9. The highest BCUT2D eigenvalue weighted by atomic mass is 16.4. The number of carboxylic acid groups (broad SMARTS) is 3. The van der Waals surface area contributed by atoms with Gasteiger partial charge in [-0.05, 0) is 38.5 Å². The van der Waals surface area contributed by atoms with Gasteiger partial charge in [0.2, 0.25) is 0 Å². The minimum atomic E-state index is -0.826. The number of hydrogen-bond acceptors (Lipinski definition) is 3. The molecule has 0 atom stereocenters. The molecule has 0 fully saturated rings. The van der Waals surface area contributed by atoms with Crippen molar-refractivity contribution in [3.63, 3.8) is 0 Å². The van der Waals surface area contributed by atoms with E-state index in [0.717, 1.165) is 19.4 Å². The number of aliphatic carboxylic acids is 3. The molecule has 0 aromatic rings. The van der Waals surface area contributed by atoms with Crippen LogP contribution in [0.2, 0.25) is 0 Å². The highest BCUT2D eigenvalue weighted by Gasteiger charge is 2.27. The van der Waals surface area contributed by atoms with Crippen LogP contribution in [0, 0.1) is 0 Å². The lowest BCUT2D eigenvalue weighted by Gasteiger charge is -2.39. The van der Waals surface area contributed by atoms with Gasteiger partial charge < -0.3 is 19.8 Å². The first-order chi connectivity index (χ1) is 17.8. The first-order valence-corrected chi connectivity index (χ1v) is 15.0. The Morgan fingerprint density at radius 1 is 0.486 bits per heavy atom. The minimum absolute atomic E-state index is 0.0899. The van der Waals surface area contributed by atoms with E-state index in [1.54, 1.807) is 0 Å². The molecule has 0 aliphatic heterocycles. The SMILES string of the molecule is CCCCCC/C=C/CCCCCCCCCC[N+](CCCC(=O)O)(CCCC(=O)O)CCCC(=O)O. The van der Waals surface area contributed by atoms with Gasteiger partial charge in [0, 0.05) is 19.3 Å². The second-order valence-electron chi connectivity index (χ2n) is 10.7. The van der Waals surface area contributed by atoms with Gasteiger partial charge in [0.1, 0.15) is 0 Å². The topological polar surface area (TPSA) is 112 Å². The molecule has 0 amide bonds. The Balaban J connectivity index is 4.29. The average Bonchev–Trinajstić information content (AvgIpc) is 2.83. The summed E-state index contributed by atoms with van der Waals surface area (Å²) in [5.41, 5.74) is 0. The van der Waals surface area contributed by atoms with E-state index in [0.29, 0.717) is 43.4 Å². The molecule has 0 saturated heterocycles. The Bertz CT molecular complexity index is 569. The van der Waals surface area contributed by atoms with Gasteiger partial charge in [0.05, 0.1) is 45.4 Å². The van der Waals surface area contributed by atoms with Gasteiger partial charge in [-0.25, -0.2) is 0 Å². The van der Waals surface area contributed by atoms with E-state index in [2.05, 4.69) is 19.1 Å². The first-order valence-electron chi connectivity index (χ1n) is 15.0. The van der Waals surface area contributed by atoms with Gasteiger partial charge in [0.25, 0.3) is 0 Å². The molecule has 0 rings (SSSR count). The lowest BCUT2D eigenvalue weighted by Crippen LogP contribution is -2.51. The second-order valence-corrected chi connectivity index (χ2v) is 10.7. The summed E-state index contributed by atoms with van der Waals surface area (Å²) >= 11 is 0. The summed E-state index contributed by atoms with van der Waals surface area (Å²) in [5.74, 6) is -2.48. The van der Waals surface area contributed by atoms with Crippen LogP contribution in [0.5, 0.6) is 0 Å². The zero-order valence-electron chi connectivity index (χ0n) is 23.6. The maximum atomic E-state index is 11.0. The van der Waals surface area contributed by atoms with Crippen LogP contribution in [0.3, 0.4) is 0 Å². The molecule has 0 aromatic heterocycles. The number of quaternary nitrogens is 1. The van der Waals surface area contributed by atoms with Gasteiger partial charge in [-0.2, -0.15) is 0 Å². The average molecular weight is 527 g/mol. The van der Waals surface area contributed by atoms with Gasteiger partial charge in [0.15, 0.2) is 0 Å². The van der Waals surface area contributed by atoms with Gasteiger partial charge in [-0.3, -0.25) is 14.4 Å². The smallest absolute Gasteiger partial charge is 0.303 e. The molecular formula is C30H56NO6+. The van der Waals surface area contributed by atoms with E-state index >= 15 is 0 Å². The number of rotatable bonds is 28. The molecule has 0 aromatic carbocycles. The summed E-state index contributed by atoms with van der Waals surface area (Å²) in [6, 6.07) is 0. The Hall–Kier alpha value is -1.89. The van der Waals surface area contributed by atoms with E-state index in [9.17, 15) is 14.4 Å². The molecule has 0 aliphatic carbocycles. The van der Waals surface area contributed by atoms with Crippen molar-refractivity contribution in [2.75, 3.05) is 26.2 Å². The van der Waals surface area contributed by atoms with Gasteiger partial charge in [-0.15, -0.1) is 0 Å². The Kier molecular flexibility index (Phi) is 23.2. The molecule has 216 valence electrons. The van der Waals surface area contributed by atoms with Crippen molar-refractivity contribution in [2.24, 2.45) is 0 Å². The molecule has 0 unspecified atom stereocenters. The number of nitrogens with zero attached hydrogens (tertiary/aromatic N) is 1. The summed E-state index contributed by atoms with van der Waals surface area (Å²) in [5, 5.41) is 27.2. The Labute approximate surface area is 225 Å². The summed E-state index contributed by atoms with van der Waals surface area (Å²) in [7, 11) is 0. The molecule has 0 saturated carbocycles. The van der Waals surface area contributed by atoms with Crippen molar-refractivity contribution in [1.29, 1.82) is 0 Å². The maximum Gasteiger partial charge on any atom is 0.303 e. The number of carbonyl (C=O) groups is 3. The standard InChI is InChI=1S/C30H55NO6/c1-2-3-4-5-6-7-8-9-10-11-12-13-14-15-16-17-24-31(25-18-21-28(32)33,26-19-22-29(34)35)27-20-23-30(36)37/h7-8H,2-6,9-27H2,1H3,(H2-,32,33,34,35,36,37)/p+1/b8-7+. The van der Waals surface area contributed by atoms with E-state index in [1.807, 2.05) is 0 Å². The van der Waals surface area contributed by atoms with Crippen LogP contribution >= 0.6 is 0 Å². The largest absolute Gasteiger partial charge is 0.481 e. The van der Waals surface area contributed by atoms with Crippen LogP contribution in [-0.2, 0) is 14.4 Å². The highest BCUT2D eigenvalue weighted by Crippen LogP contribution is 2.18. The van der Waals surface area contributed by atoms with Crippen molar-refractivity contribution in [3.8, 4) is 0 Å². The predicted octanol–water partition coefficient (Wildman–Crippen LogP) is 7.44. The molecule has 0 radical (unpaired) electrons.